The summed E-state index contributed by atoms with van der Waals surface area (Å²) in [5, 5.41) is 12.9. The maximum atomic E-state index is 9.14. The van der Waals surface area contributed by atoms with E-state index in [9.17, 15) is 0 Å². The van der Waals surface area contributed by atoms with Gasteiger partial charge in [0.1, 0.15) is 0 Å². The summed E-state index contributed by atoms with van der Waals surface area (Å²) in [6, 6.07) is 2.22. The molecule has 3 heteroatoms. The lowest BCUT2D eigenvalue weighted by molar-refractivity contribution is 0.297. The van der Waals surface area contributed by atoms with Crippen molar-refractivity contribution in [2.75, 3.05) is 0 Å². The fraction of sp³-hybridized carbons (Fsp3) is 0.429. The quantitative estimate of drug-likeness (QED) is 0.269. The van der Waals surface area contributed by atoms with E-state index in [0.29, 0.717) is 0 Å². The Morgan fingerprint density at radius 2 is 2.16 bits per heavy atom. The number of allylic oxidation sites excluding steroid dienone is 11. The molecule has 31 heavy (non-hydrogen) atoms. The van der Waals surface area contributed by atoms with Crippen LogP contribution in [0.25, 0.3) is 0 Å². The van der Waals surface area contributed by atoms with Crippen molar-refractivity contribution in [3.05, 3.63) is 84.3 Å². The van der Waals surface area contributed by atoms with Crippen LogP contribution in [0.1, 0.15) is 65.7 Å². The van der Waals surface area contributed by atoms with Crippen LogP contribution in [0.2, 0.25) is 0 Å². The van der Waals surface area contributed by atoms with Gasteiger partial charge in [-0.25, -0.2) is 0 Å². The van der Waals surface area contributed by atoms with Crippen molar-refractivity contribution in [1.29, 1.82) is 5.26 Å². The molecule has 1 heterocycles. The minimum absolute atomic E-state index is 0.0292. The highest BCUT2D eigenvalue weighted by atomic mass is 15.0. The molecule has 3 nitrogen and oxygen atoms in total. The Bertz CT molecular complexity index is 886. The van der Waals surface area contributed by atoms with Crippen molar-refractivity contribution >= 4 is 5.71 Å². The van der Waals surface area contributed by atoms with Crippen LogP contribution in [0.3, 0.4) is 0 Å². The molecule has 0 amide bonds. The van der Waals surface area contributed by atoms with Gasteiger partial charge in [-0.1, -0.05) is 69.4 Å². The molecular weight excluding hydrogens is 378 g/mol. The Kier molecular flexibility index (Phi) is 9.53. The molecule has 1 aliphatic carbocycles. The molecular formula is C28H37N3. The lowest BCUT2D eigenvalue weighted by Crippen LogP contribution is -2.45. The van der Waals surface area contributed by atoms with E-state index >= 15 is 0 Å². The molecule has 0 spiro atoms. The molecule has 2 rings (SSSR count). The van der Waals surface area contributed by atoms with Crippen LogP contribution in [0.5, 0.6) is 0 Å². The third-order valence-electron chi connectivity index (χ3n) is 6.12. The maximum Gasteiger partial charge on any atom is 0.0988 e. The highest BCUT2D eigenvalue weighted by molar-refractivity contribution is 6.03. The number of nitrogens with one attached hydrogen (secondary N) is 1. The topological polar surface area (TPSA) is 48.2 Å². The van der Waals surface area contributed by atoms with Crippen LogP contribution in [-0.4, -0.2) is 11.3 Å². The number of hydrogen-bond acceptors (Lipinski definition) is 3. The van der Waals surface area contributed by atoms with Gasteiger partial charge in [0.2, 0.25) is 0 Å². The number of hydrogen-bond donors (Lipinski definition) is 1. The van der Waals surface area contributed by atoms with Gasteiger partial charge < -0.3 is 5.32 Å². The molecule has 2 atom stereocenters. The van der Waals surface area contributed by atoms with Crippen molar-refractivity contribution in [1.82, 2.24) is 5.32 Å². The second-order valence-corrected chi connectivity index (χ2v) is 8.32. The molecule has 0 aromatic rings. The largest absolute Gasteiger partial charge is 0.379 e. The molecule has 0 bridgehead atoms. The number of aliphatic imine (C=N–C) groups is 1. The molecule has 0 aromatic carbocycles. The first-order valence-corrected chi connectivity index (χ1v) is 11.5. The first-order chi connectivity index (χ1) is 15.0. The maximum absolute atomic E-state index is 9.14. The molecule has 164 valence electrons. The summed E-state index contributed by atoms with van der Waals surface area (Å²) in [5.74, 6) is 0.194. The van der Waals surface area contributed by atoms with Crippen LogP contribution in [0.15, 0.2) is 89.3 Å². The van der Waals surface area contributed by atoms with Crippen LogP contribution in [0.4, 0.5) is 0 Å². The summed E-state index contributed by atoms with van der Waals surface area (Å²) in [6.45, 7) is 14.8. The van der Waals surface area contributed by atoms with Crippen LogP contribution in [0, 0.1) is 17.2 Å². The zero-order chi connectivity index (χ0) is 22.7. The average molecular weight is 416 g/mol. The van der Waals surface area contributed by atoms with Gasteiger partial charge in [0, 0.05) is 29.1 Å². The standard InChI is InChI=1S/C28H37N3/c1-6-10-12-13-25-20-26(30-27(25)24-16-14-23(21-29)15-17-24)22(5)31-28(9-4,18-8-3)19-11-7-2/h6-7,10,12-16,24,31H,2,5,8-9,11,17-20H2,1,3-4H3/b10-6-,13-12-. The predicted octanol–water partition coefficient (Wildman–Crippen LogP) is 7.26. The smallest absolute Gasteiger partial charge is 0.0988 e. The highest BCUT2D eigenvalue weighted by Crippen LogP contribution is 2.35. The van der Waals surface area contributed by atoms with E-state index in [2.05, 4.69) is 56.6 Å². The van der Waals surface area contributed by atoms with Crippen molar-refractivity contribution < 1.29 is 0 Å². The summed E-state index contributed by atoms with van der Waals surface area (Å²) in [5.41, 5.74) is 5.02. The number of nitrogens with zero attached hydrogens (tertiary/aromatic N) is 2. The summed E-state index contributed by atoms with van der Waals surface area (Å²) in [4.78, 5) is 5.06. The summed E-state index contributed by atoms with van der Waals surface area (Å²) in [7, 11) is 0. The monoisotopic (exact) mass is 415 g/mol. The molecule has 0 saturated heterocycles. The van der Waals surface area contributed by atoms with Gasteiger partial charge in [-0.05, 0) is 50.7 Å². The molecule has 0 fully saturated rings. The predicted molar refractivity (Wildman–Crippen MR) is 134 cm³/mol. The summed E-state index contributed by atoms with van der Waals surface area (Å²) in [6.07, 6.45) is 23.2. The van der Waals surface area contributed by atoms with Gasteiger partial charge in [-0.15, -0.1) is 6.58 Å². The number of nitriles is 1. The normalized spacial score (nSPS) is 20.5. The van der Waals surface area contributed by atoms with Gasteiger partial charge in [0.25, 0.3) is 0 Å². The third kappa shape index (κ3) is 6.56. The molecule has 2 aliphatic rings. The molecule has 1 aliphatic heterocycles. The van der Waals surface area contributed by atoms with E-state index < -0.39 is 0 Å². The summed E-state index contributed by atoms with van der Waals surface area (Å²) >= 11 is 0. The Balaban J connectivity index is 2.26. The molecule has 0 aromatic heterocycles. The fourth-order valence-electron chi connectivity index (χ4n) is 4.30. The van der Waals surface area contributed by atoms with Crippen LogP contribution in [-0.2, 0) is 0 Å². The summed E-state index contributed by atoms with van der Waals surface area (Å²) < 4.78 is 0. The van der Waals surface area contributed by atoms with Crippen LogP contribution < -0.4 is 5.32 Å². The highest BCUT2D eigenvalue weighted by Gasteiger charge is 2.30. The average Bonchev–Trinajstić information content (AvgIpc) is 3.22. The van der Waals surface area contributed by atoms with E-state index in [1.807, 2.05) is 37.3 Å². The molecule has 2 unspecified atom stereocenters. The van der Waals surface area contributed by atoms with Gasteiger partial charge in [0.05, 0.1) is 17.5 Å². The van der Waals surface area contributed by atoms with Crippen molar-refractivity contribution in [2.24, 2.45) is 10.9 Å². The van der Waals surface area contributed by atoms with Crippen molar-refractivity contribution in [2.45, 2.75) is 71.3 Å². The second-order valence-electron chi connectivity index (χ2n) is 8.32. The van der Waals surface area contributed by atoms with Crippen LogP contribution >= 0.6 is 0 Å². The van der Waals surface area contributed by atoms with E-state index in [4.69, 9.17) is 10.3 Å². The number of rotatable bonds is 12. The Hall–Kier alpha value is -2.86. The van der Waals surface area contributed by atoms with Crippen molar-refractivity contribution in [3.63, 3.8) is 0 Å². The molecule has 0 radical (unpaired) electrons. The minimum Gasteiger partial charge on any atom is -0.379 e. The Morgan fingerprint density at radius 3 is 2.74 bits per heavy atom. The van der Waals surface area contributed by atoms with E-state index in [1.54, 1.807) is 0 Å². The van der Waals surface area contributed by atoms with Gasteiger partial charge in [-0.3, -0.25) is 4.99 Å². The van der Waals surface area contributed by atoms with Gasteiger partial charge in [-0.2, -0.15) is 5.26 Å². The lowest BCUT2D eigenvalue weighted by atomic mass is 9.85. The van der Waals surface area contributed by atoms with Gasteiger partial charge >= 0.3 is 0 Å². The Labute approximate surface area is 189 Å². The van der Waals surface area contributed by atoms with Gasteiger partial charge in [0.15, 0.2) is 0 Å². The molecule has 0 saturated carbocycles. The molecule has 1 N–H and O–H groups in total. The second kappa shape index (κ2) is 12.1. The van der Waals surface area contributed by atoms with E-state index in [0.717, 1.165) is 67.6 Å². The zero-order valence-corrected chi connectivity index (χ0v) is 19.5. The first kappa shape index (κ1) is 24.4. The SMILES string of the molecule is C=CCCC(CC)(CCC)NC(=C)C1=NC(C2C=CC(C#N)=CC2)=C(/C=C\C=C/C)C1. The first-order valence-electron chi connectivity index (χ1n) is 11.5. The van der Waals surface area contributed by atoms with E-state index in [-0.39, 0.29) is 11.5 Å². The zero-order valence-electron chi connectivity index (χ0n) is 19.5. The third-order valence-corrected chi connectivity index (χ3v) is 6.12. The Morgan fingerprint density at radius 1 is 1.35 bits per heavy atom. The van der Waals surface area contributed by atoms with Crippen molar-refractivity contribution in [3.8, 4) is 6.07 Å². The fourth-order valence-corrected chi connectivity index (χ4v) is 4.30. The van der Waals surface area contributed by atoms with E-state index in [1.165, 1.54) is 5.57 Å². The lowest BCUT2D eigenvalue weighted by Gasteiger charge is -2.36. The minimum atomic E-state index is 0.0292.